The lowest BCUT2D eigenvalue weighted by atomic mass is 10.3. The van der Waals surface area contributed by atoms with Gasteiger partial charge in [-0.2, -0.15) is 0 Å². The van der Waals surface area contributed by atoms with Gasteiger partial charge in [0.05, 0.1) is 12.4 Å². The highest BCUT2D eigenvalue weighted by molar-refractivity contribution is 8.00. The predicted octanol–water partition coefficient (Wildman–Crippen LogP) is 1.65. The average Bonchev–Trinajstić information content (AvgIpc) is 2.25. The maximum Gasteiger partial charge on any atom is 0.230 e. The first kappa shape index (κ1) is 14.8. The molecule has 18 heavy (non-hydrogen) atoms. The molecule has 4 nitrogen and oxygen atoms in total. The topological polar surface area (TPSA) is 64.3 Å². The molecule has 6 heteroatoms. The SMILES string of the molecule is COCC(C)NC(=O)CSc1cc(N)cc(F)c1. The van der Waals surface area contributed by atoms with E-state index in [9.17, 15) is 9.18 Å². The van der Waals surface area contributed by atoms with Crippen LogP contribution in [0.1, 0.15) is 6.92 Å². The van der Waals surface area contributed by atoms with E-state index in [-0.39, 0.29) is 17.7 Å². The van der Waals surface area contributed by atoms with E-state index in [2.05, 4.69) is 5.32 Å². The molecule has 100 valence electrons. The van der Waals surface area contributed by atoms with E-state index in [1.54, 1.807) is 13.2 Å². The molecular weight excluding hydrogens is 255 g/mol. The third-order valence-electron chi connectivity index (χ3n) is 2.09. The summed E-state index contributed by atoms with van der Waals surface area (Å²) in [5, 5.41) is 2.77. The van der Waals surface area contributed by atoms with Crippen molar-refractivity contribution in [2.24, 2.45) is 0 Å². The van der Waals surface area contributed by atoms with Gasteiger partial charge in [0, 0.05) is 23.7 Å². The summed E-state index contributed by atoms with van der Waals surface area (Å²) in [4.78, 5) is 12.2. The van der Waals surface area contributed by atoms with Crippen molar-refractivity contribution in [3.05, 3.63) is 24.0 Å². The lowest BCUT2D eigenvalue weighted by molar-refractivity contribution is -0.119. The zero-order valence-electron chi connectivity index (χ0n) is 10.4. The normalized spacial score (nSPS) is 12.2. The van der Waals surface area contributed by atoms with E-state index in [0.29, 0.717) is 17.2 Å². The predicted molar refractivity (Wildman–Crippen MR) is 71.0 cm³/mol. The van der Waals surface area contributed by atoms with Crippen LogP contribution in [-0.2, 0) is 9.53 Å². The molecule has 1 unspecified atom stereocenters. The number of halogens is 1. The van der Waals surface area contributed by atoms with Gasteiger partial charge < -0.3 is 15.8 Å². The summed E-state index contributed by atoms with van der Waals surface area (Å²) in [6.07, 6.45) is 0. The van der Waals surface area contributed by atoms with Crippen LogP contribution in [0, 0.1) is 5.82 Å². The highest BCUT2D eigenvalue weighted by atomic mass is 32.2. The van der Waals surface area contributed by atoms with Gasteiger partial charge in [-0.3, -0.25) is 4.79 Å². The molecule has 0 heterocycles. The Morgan fingerprint density at radius 1 is 1.56 bits per heavy atom. The molecule has 0 saturated carbocycles. The first-order valence-corrected chi connectivity index (χ1v) is 6.47. The molecule has 0 saturated heterocycles. The second-order valence-electron chi connectivity index (χ2n) is 3.93. The van der Waals surface area contributed by atoms with Gasteiger partial charge in [0.2, 0.25) is 5.91 Å². The first-order chi connectivity index (χ1) is 8.51. The van der Waals surface area contributed by atoms with E-state index in [0.717, 1.165) is 0 Å². The number of carbonyl (C=O) groups is 1. The maximum atomic E-state index is 13.1. The average molecular weight is 272 g/mol. The van der Waals surface area contributed by atoms with Crippen LogP contribution in [0.4, 0.5) is 10.1 Å². The summed E-state index contributed by atoms with van der Waals surface area (Å²) in [5.41, 5.74) is 5.87. The molecule has 1 atom stereocenters. The largest absolute Gasteiger partial charge is 0.399 e. The molecule has 1 rings (SSSR count). The van der Waals surface area contributed by atoms with Crippen LogP contribution in [0.5, 0.6) is 0 Å². The summed E-state index contributed by atoms with van der Waals surface area (Å²) >= 11 is 1.24. The van der Waals surface area contributed by atoms with Crippen LogP contribution in [0.25, 0.3) is 0 Å². The third-order valence-corrected chi connectivity index (χ3v) is 3.06. The molecule has 0 fully saturated rings. The first-order valence-electron chi connectivity index (χ1n) is 5.48. The van der Waals surface area contributed by atoms with Crippen molar-refractivity contribution in [1.82, 2.24) is 5.32 Å². The number of nitrogens with one attached hydrogen (secondary N) is 1. The zero-order chi connectivity index (χ0) is 13.5. The van der Waals surface area contributed by atoms with Crippen molar-refractivity contribution in [2.45, 2.75) is 17.9 Å². The highest BCUT2D eigenvalue weighted by Crippen LogP contribution is 2.21. The molecule has 1 amide bonds. The van der Waals surface area contributed by atoms with E-state index in [1.165, 1.54) is 23.9 Å². The summed E-state index contributed by atoms with van der Waals surface area (Å²) in [7, 11) is 1.58. The summed E-state index contributed by atoms with van der Waals surface area (Å²) < 4.78 is 18.0. The van der Waals surface area contributed by atoms with Crippen molar-refractivity contribution in [3.63, 3.8) is 0 Å². The van der Waals surface area contributed by atoms with Crippen molar-refractivity contribution in [3.8, 4) is 0 Å². The smallest absolute Gasteiger partial charge is 0.230 e. The van der Waals surface area contributed by atoms with Crippen LogP contribution in [0.2, 0.25) is 0 Å². The van der Waals surface area contributed by atoms with Crippen molar-refractivity contribution < 1.29 is 13.9 Å². The molecule has 0 radical (unpaired) electrons. The van der Waals surface area contributed by atoms with Crippen molar-refractivity contribution in [1.29, 1.82) is 0 Å². The quantitative estimate of drug-likeness (QED) is 0.610. The van der Waals surface area contributed by atoms with Crippen molar-refractivity contribution >= 4 is 23.4 Å². The standard InChI is InChI=1S/C12H17FN2O2S/c1-8(6-17-2)15-12(16)7-18-11-4-9(13)3-10(14)5-11/h3-5,8H,6-7,14H2,1-2H3,(H,15,16). The molecule has 0 aliphatic heterocycles. The summed E-state index contributed by atoms with van der Waals surface area (Å²) in [5.74, 6) is -0.297. The number of benzene rings is 1. The van der Waals surface area contributed by atoms with Gasteiger partial charge in [-0.15, -0.1) is 11.8 Å². The number of ether oxygens (including phenoxy) is 1. The van der Waals surface area contributed by atoms with Crippen LogP contribution >= 0.6 is 11.8 Å². The molecule has 3 N–H and O–H groups in total. The number of amides is 1. The number of nitrogen functional groups attached to an aromatic ring is 1. The lowest BCUT2D eigenvalue weighted by Crippen LogP contribution is -2.36. The molecule has 1 aromatic carbocycles. The Bertz CT molecular complexity index is 395. The Morgan fingerprint density at radius 3 is 2.89 bits per heavy atom. The van der Waals surface area contributed by atoms with E-state index < -0.39 is 5.82 Å². The zero-order valence-corrected chi connectivity index (χ0v) is 11.2. The van der Waals surface area contributed by atoms with Gasteiger partial charge >= 0.3 is 0 Å². The minimum atomic E-state index is -0.398. The fourth-order valence-corrected chi connectivity index (χ4v) is 2.22. The van der Waals surface area contributed by atoms with Crippen LogP contribution in [0.3, 0.4) is 0 Å². The van der Waals surface area contributed by atoms with Gasteiger partial charge in [0.1, 0.15) is 5.82 Å². The molecule has 0 aliphatic rings. The number of methoxy groups -OCH3 is 1. The number of anilines is 1. The Balaban J connectivity index is 2.42. The van der Waals surface area contributed by atoms with Gasteiger partial charge in [-0.05, 0) is 25.1 Å². The second-order valence-corrected chi connectivity index (χ2v) is 4.98. The Hall–Kier alpha value is -1.27. The molecule has 0 aromatic heterocycles. The van der Waals surface area contributed by atoms with E-state index in [4.69, 9.17) is 10.5 Å². The molecule has 0 spiro atoms. The van der Waals surface area contributed by atoms with Gasteiger partial charge in [0.25, 0.3) is 0 Å². The number of hydrogen-bond donors (Lipinski definition) is 2. The number of hydrogen-bond acceptors (Lipinski definition) is 4. The van der Waals surface area contributed by atoms with E-state index in [1.807, 2.05) is 6.92 Å². The monoisotopic (exact) mass is 272 g/mol. The second kappa shape index (κ2) is 7.23. The molecule has 0 bridgehead atoms. The minimum absolute atomic E-state index is 0.0410. The summed E-state index contributed by atoms with van der Waals surface area (Å²) in [6, 6.07) is 4.19. The number of thioether (sulfide) groups is 1. The number of carbonyl (C=O) groups excluding carboxylic acids is 1. The number of nitrogens with two attached hydrogens (primary N) is 1. The van der Waals surface area contributed by atoms with Crippen LogP contribution in [-0.4, -0.2) is 31.4 Å². The Kier molecular flexibility index (Phi) is 5.94. The van der Waals surface area contributed by atoms with Crippen LogP contribution < -0.4 is 11.1 Å². The fourth-order valence-electron chi connectivity index (χ4n) is 1.42. The maximum absolute atomic E-state index is 13.1. The molecular formula is C12H17FN2O2S. The highest BCUT2D eigenvalue weighted by Gasteiger charge is 2.08. The van der Waals surface area contributed by atoms with Gasteiger partial charge in [-0.25, -0.2) is 4.39 Å². The van der Waals surface area contributed by atoms with E-state index >= 15 is 0 Å². The molecule has 0 aliphatic carbocycles. The van der Waals surface area contributed by atoms with Crippen LogP contribution in [0.15, 0.2) is 23.1 Å². The molecule has 1 aromatic rings. The van der Waals surface area contributed by atoms with Crippen molar-refractivity contribution in [2.75, 3.05) is 25.2 Å². The van der Waals surface area contributed by atoms with Gasteiger partial charge in [0.15, 0.2) is 0 Å². The van der Waals surface area contributed by atoms with Gasteiger partial charge in [-0.1, -0.05) is 0 Å². The minimum Gasteiger partial charge on any atom is -0.399 e. The third kappa shape index (κ3) is 5.37. The lowest BCUT2D eigenvalue weighted by Gasteiger charge is -2.12. The Labute approximate surface area is 110 Å². The summed E-state index contributed by atoms with van der Waals surface area (Å²) in [6.45, 7) is 2.32. The Morgan fingerprint density at radius 2 is 2.28 bits per heavy atom. The number of rotatable bonds is 6. The fraction of sp³-hybridized carbons (Fsp3) is 0.417.